The third kappa shape index (κ3) is 2.47. The van der Waals surface area contributed by atoms with Gasteiger partial charge in [-0.25, -0.2) is 0 Å². The second kappa shape index (κ2) is 2.57. The quantitative estimate of drug-likeness (QED) is 0.439. The molecule has 0 fully saturated rings. The van der Waals surface area contributed by atoms with Crippen molar-refractivity contribution in [3.05, 3.63) is 19.4 Å². The van der Waals surface area contributed by atoms with Gasteiger partial charge in [0.2, 0.25) is 0 Å². The van der Waals surface area contributed by atoms with E-state index in [9.17, 15) is 4.21 Å². The van der Waals surface area contributed by atoms with Gasteiger partial charge in [-0.15, -0.1) is 0 Å². The first-order chi connectivity index (χ1) is 3.62. The minimum absolute atomic E-state index is 0.862. The van der Waals surface area contributed by atoms with E-state index in [1.54, 1.807) is 5.02 Å². The maximum atomic E-state index is 10.2. The Hall–Kier alpha value is -0.700. The Morgan fingerprint density at radius 1 is 1.88 bits per heavy atom. The lowest BCUT2D eigenvalue weighted by Crippen LogP contribution is -1.97. The standard InChI is InChI=1S/C4H6O3S/c1-3-7-8(5,6)4-2/h3H,1-2H2,(H,5,6). The highest BCUT2D eigenvalue weighted by molar-refractivity contribution is 7.91. The van der Waals surface area contributed by atoms with E-state index in [0.29, 0.717) is 0 Å². The zero-order chi connectivity index (χ0) is 6.62. The van der Waals surface area contributed by atoms with Crippen molar-refractivity contribution in [3.8, 4) is 0 Å². The molecule has 0 bridgehead atoms. The molecule has 46 valence electrons. The molecular weight excluding hydrogens is 128 g/mol. The van der Waals surface area contributed by atoms with Crippen molar-refractivity contribution in [2.45, 2.75) is 0 Å². The van der Waals surface area contributed by atoms with E-state index in [4.69, 9.17) is 4.55 Å². The smallest absolute Gasteiger partial charge is 0.287 e. The maximum Gasteiger partial charge on any atom is 0.287 e. The second-order valence-electron chi connectivity index (χ2n) is 0.882. The van der Waals surface area contributed by atoms with Gasteiger partial charge in [-0.1, -0.05) is 6.58 Å². The highest BCUT2D eigenvalue weighted by Gasteiger charge is 1.90. The Labute approximate surface area is 48.3 Å². The summed E-state index contributed by atoms with van der Waals surface area (Å²) in [5.74, 6) is 0. The summed E-state index contributed by atoms with van der Waals surface area (Å²) in [6, 6.07) is 0. The summed E-state index contributed by atoms with van der Waals surface area (Å²) in [5, 5.41) is 1.78. The third-order valence-electron chi connectivity index (χ3n) is 0.381. The zero-order valence-corrected chi connectivity index (χ0v) is 4.98. The molecule has 0 heterocycles. The van der Waals surface area contributed by atoms with Crippen LogP contribution in [0.1, 0.15) is 0 Å². The van der Waals surface area contributed by atoms with E-state index >= 15 is 0 Å². The fourth-order valence-electron chi connectivity index (χ4n) is 0.126. The SMILES string of the molecule is C=C=S(=O)(O)OC=C. The Morgan fingerprint density at radius 3 is 2.50 bits per heavy atom. The molecule has 0 saturated carbocycles. The molecule has 1 unspecified atom stereocenters. The van der Waals surface area contributed by atoms with Crippen LogP contribution in [0, 0.1) is 0 Å². The summed E-state index contributed by atoms with van der Waals surface area (Å²) in [6.45, 7) is 5.99. The first-order valence-electron chi connectivity index (χ1n) is 1.72. The van der Waals surface area contributed by atoms with Crippen LogP contribution in [0.3, 0.4) is 0 Å². The molecule has 1 N–H and O–H groups in total. The molecule has 8 heavy (non-hydrogen) atoms. The largest absolute Gasteiger partial charge is 0.393 e. The summed E-state index contributed by atoms with van der Waals surface area (Å²) >= 11 is 0. The molecular formula is C4H6O3S. The predicted octanol–water partition coefficient (Wildman–Crippen LogP) is 0.406. The molecule has 4 heteroatoms. The highest BCUT2D eigenvalue weighted by atomic mass is 32.2. The first kappa shape index (κ1) is 7.30. The van der Waals surface area contributed by atoms with E-state index in [2.05, 4.69) is 17.3 Å². The Kier molecular flexibility index (Phi) is 2.34. The average Bonchev–Trinajstić information content (AvgIpc) is 1.67. The van der Waals surface area contributed by atoms with E-state index in [0.717, 1.165) is 6.26 Å². The van der Waals surface area contributed by atoms with Gasteiger partial charge < -0.3 is 4.18 Å². The minimum Gasteiger partial charge on any atom is -0.393 e. The summed E-state index contributed by atoms with van der Waals surface area (Å²) in [7, 11) is -3.40. The van der Waals surface area contributed by atoms with Crippen LogP contribution in [0.4, 0.5) is 0 Å². The molecule has 1 atom stereocenters. The fourth-order valence-corrected chi connectivity index (χ4v) is 0.379. The van der Waals surface area contributed by atoms with Gasteiger partial charge in [0.1, 0.15) is 0 Å². The molecule has 0 aliphatic carbocycles. The van der Waals surface area contributed by atoms with Crippen LogP contribution in [0.25, 0.3) is 0 Å². The second-order valence-corrected chi connectivity index (χ2v) is 2.31. The van der Waals surface area contributed by atoms with Crippen molar-refractivity contribution >= 4 is 15.1 Å². The normalized spacial score (nSPS) is 15.6. The highest BCUT2D eigenvalue weighted by Crippen LogP contribution is 1.83. The van der Waals surface area contributed by atoms with Crippen molar-refractivity contribution in [1.29, 1.82) is 0 Å². The Balaban J connectivity index is 4.42. The van der Waals surface area contributed by atoms with Crippen LogP contribution in [-0.4, -0.2) is 13.8 Å². The molecule has 0 aromatic carbocycles. The van der Waals surface area contributed by atoms with Gasteiger partial charge in [0, 0.05) is 0 Å². The molecule has 0 aromatic rings. The molecule has 3 nitrogen and oxygen atoms in total. The topological polar surface area (TPSA) is 46.5 Å². The van der Waals surface area contributed by atoms with Crippen LogP contribution < -0.4 is 0 Å². The van der Waals surface area contributed by atoms with Crippen molar-refractivity contribution < 1.29 is 12.9 Å². The fraction of sp³-hybridized carbons (Fsp3) is 0. The van der Waals surface area contributed by atoms with Gasteiger partial charge in [-0.2, -0.15) is 4.21 Å². The van der Waals surface area contributed by atoms with Gasteiger partial charge in [0.05, 0.1) is 6.26 Å². The monoisotopic (exact) mass is 134 g/mol. The van der Waals surface area contributed by atoms with E-state index in [-0.39, 0.29) is 0 Å². The summed E-state index contributed by atoms with van der Waals surface area (Å²) in [6.07, 6.45) is 0.862. The molecule has 0 amide bonds. The number of rotatable bonds is 2. The van der Waals surface area contributed by atoms with Crippen LogP contribution in [-0.2, 0) is 14.3 Å². The van der Waals surface area contributed by atoms with Crippen molar-refractivity contribution in [2.24, 2.45) is 0 Å². The first-order valence-corrected chi connectivity index (χ1v) is 3.16. The summed E-state index contributed by atoms with van der Waals surface area (Å²) in [5.41, 5.74) is 0. The van der Waals surface area contributed by atoms with Crippen molar-refractivity contribution in [2.75, 3.05) is 0 Å². The van der Waals surface area contributed by atoms with Crippen LogP contribution in [0.15, 0.2) is 19.4 Å². The van der Waals surface area contributed by atoms with Crippen LogP contribution in [0.5, 0.6) is 0 Å². The lowest BCUT2D eigenvalue weighted by atomic mass is 11.2. The van der Waals surface area contributed by atoms with Gasteiger partial charge in [-0.3, -0.25) is 4.55 Å². The van der Waals surface area contributed by atoms with Gasteiger partial charge in [0.25, 0.3) is 10.1 Å². The Morgan fingerprint density at radius 2 is 2.38 bits per heavy atom. The number of hydrogen-bond donors (Lipinski definition) is 1. The van der Waals surface area contributed by atoms with E-state index < -0.39 is 10.1 Å². The molecule has 0 aliphatic rings. The molecule has 0 spiro atoms. The molecule has 0 radical (unpaired) electrons. The maximum absolute atomic E-state index is 10.2. The summed E-state index contributed by atoms with van der Waals surface area (Å²) < 4.78 is 22.7. The number of hydrogen-bond acceptors (Lipinski definition) is 2. The average molecular weight is 134 g/mol. The Bertz CT molecular complexity index is 205. The predicted molar refractivity (Wildman–Crippen MR) is 32.7 cm³/mol. The molecule has 0 saturated heterocycles. The summed E-state index contributed by atoms with van der Waals surface area (Å²) in [4.78, 5) is 0. The van der Waals surface area contributed by atoms with Gasteiger partial charge in [-0.05, 0) is 11.6 Å². The van der Waals surface area contributed by atoms with Crippen molar-refractivity contribution in [1.82, 2.24) is 0 Å². The van der Waals surface area contributed by atoms with Crippen LogP contribution in [0.2, 0.25) is 0 Å². The third-order valence-corrected chi connectivity index (χ3v) is 1.14. The van der Waals surface area contributed by atoms with Crippen molar-refractivity contribution in [3.63, 3.8) is 0 Å². The van der Waals surface area contributed by atoms with E-state index in [1.807, 2.05) is 0 Å². The van der Waals surface area contributed by atoms with Crippen LogP contribution >= 0.6 is 0 Å². The van der Waals surface area contributed by atoms with Gasteiger partial charge in [0.15, 0.2) is 0 Å². The zero-order valence-electron chi connectivity index (χ0n) is 4.16. The molecule has 0 aromatic heterocycles. The lowest BCUT2D eigenvalue weighted by Gasteiger charge is -1.93. The molecule has 0 rings (SSSR count). The van der Waals surface area contributed by atoms with Gasteiger partial charge >= 0.3 is 0 Å². The lowest BCUT2D eigenvalue weighted by molar-refractivity contribution is 0.415. The van der Waals surface area contributed by atoms with E-state index in [1.165, 1.54) is 0 Å². The minimum atomic E-state index is -3.40. The molecule has 0 aliphatic heterocycles.